The summed E-state index contributed by atoms with van der Waals surface area (Å²) in [6.07, 6.45) is 2.74. The van der Waals surface area contributed by atoms with Crippen molar-refractivity contribution in [2.24, 2.45) is 28.6 Å². The molecular weight excluding hydrogens is 538 g/mol. The third-order valence-corrected chi connectivity index (χ3v) is 10.4. The molecule has 4 aliphatic carbocycles. The molecule has 226 valence electrons. The van der Waals surface area contributed by atoms with Crippen LogP contribution in [0.5, 0.6) is 0 Å². The van der Waals surface area contributed by atoms with Gasteiger partial charge >= 0.3 is 17.9 Å². The number of Topliss-reactive ketones (excluding diaryl/α,β-unsaturated/α-hetero) is 1. The molecule has 3 fully saturated rings. The van der Waals surface area contributed by atoms with Crippen LogP contribution in [0.3, 0.4) is 0 Å². The van der Waals surface area contributed by atoms with Crippen molar-refractivity contribution in [2.45, 2.75) is 95.8 Å². The molecule has 4 aliphatic rings. The van der Waals surface area contributed by atoms with Crippen LogP contribution in [0.1, 0.15) is 78.1 Å². The largest absolute Gasteiger partial charge is 0.481 e. The second kappa shape index (κ2) is 11.3. The van der Waals surface area contributed by atoms with Gasteiger partial charge in [0.2, 0.25) is 11.7 Å². The quantitative estimate of drug-likeness (QED) is 0.233. The van der Waals surface area contributed by atoms with Crippen LogP contribution in [-0.4, -0.2) is 80.2 Å². The Bertz CT molecular complexity index is 1180. The number of aliphatic hydroxyl groups is 2. The zero-order valence-electron chi connectivity index (χ0n) is 23.4. The molecule has 41 heavy (non-hydrogen) atoms. The molecular formula is C29H39NO11. The van der Waals surface area contributed by atoms with E-state index in [1.165, 1.54) is 0 Å². The number of carbonyl (C=O) groups excluding carboxylic acids is 4. The first-order chi connectivity index (χ1) is 19.1. The number of aliphatic carboxylic acids is 2. The van der Waals surface area contributed by atoms with E-state index < -0.39 is 78.6 Å². The number of ether oxygens (including phenoxy) is 1. The standard InChI is InChI=1S/C29H39NO11/c1-27-9-7-16(31)11-15(27)3-4-17-18-8-10-29(40,28(18,2)13-20(32)25(17)27)21(33)14-41-24(37)6-5-22(34)30-19(26(38)39)12-23(35)36/h11,17-20,25,32,40H,3-10,12-14H2,1-2H3,(H,30,34)(H,35,36)(H,38,39)/t17-,18-,19+,20+,25+,27-,28-,29-/m0/s1. The molecule has 1 amide bonds. The van der Waals surface area contributed by atoms with Gasteiger partial charge in [0, 0.05) is 18.3 Å². The van der Waals surface area contributed by atoms with E-state index in [1.54, 1.807) is 6.08 Å². The topological polar surface area (TPSA) is 205 Å². The first kappa shape index (κ1) is 30.8. The highest BCUT2D eigenvalue weighted by Gasteiger charge is 2.68. The zero-order chi connectivity index (χ0) is 30.3. The molecule has 8 atom stereocenters. The molecule has 0 bridgehead atoms. The number of carboxylic acid groups (broad SMARTS) is 2. The zero-order valence-corrected chi connectivity index (χ0v) is 23.4. The molecule has 0 spiro atoms. The maximum Gasteiger partial charge on any atom is 0.326 e. The Balaban J connectivity index is 1.36. The number of aliphatic hydroxyl groups excluding tert-OH is 1. The first-order valence-electron chi connectivity index (χ1n) is 14.2. The maximum atomic E-state index is 13.3. The van der Waals surface area contributed by atoms with Gasteiger partial charge < -0.3 is 30.5 Å². The minimum atomic E-state index is -1.81. The minimum Gasteiger partial charge on any atom is -0.481 e. The lowest BCUT2D eigenvalue weighted by Gasteiger charge is -2.60. The van der Waals surface area contributed by atoms with E-state index in [0.717, 1.165) is 18.4 Å². The van der Waals surface area contributed by atoms with Gasteiger partial charge in [-0.2, -0.15) is 0 Å². The smallest absolute Gasteiger partial charge is 0.326 e. The van der Waals surface area contributed by atoms with Crippen molar-refractivity contribution in [3.8, 4) is 0 Å². The monoisotopic (exact) mass is 577 g/mol. The van der Waals surface area contributed by atoms with Crippen LogP contribution in [0.25, 0.3) is 0 Å². The van der Waals surface area contributed by atoms with Gasteiger partial charge in [0.1, 0.15) is 11.6 Å². The number of carboxylic acids is 2. The second-order valence-electron chi connectivity index (χ2n) is 12.6. The fraction of sp³-hybridized carbons (Fsp3) is 0.724. The van der Waals surface area contributed by atoms with Gasteiger partial charge in [-0.15, -0.1) is 0 Å². The van der Waals surface area contributed by atoms with Gasteiger partial charge in [-0.1, -0.05) is 19.4 Å². The van der Waals surface area contributed by atoms with Crippen molar-refractivity contribution < 1.29 is 53.9 Å². The number of allylic oxidation sites excluding steroid dienone is 1. The number of ketones is 2. The summed E-state index contributed by atoms with van der Waals surface area (Å²) in [5.41, 5.74) is -1.97. The van der Waals surface area contributed by atoms with Crippen molar-refractivity contribution in [2.75, 3.05) is 6.61 Å². The minimum absolute atomic E-state index is 0.0340. The molecule has 0 heterocycles. The van der Waals surface area contributed by atoms with Crippen molar-refractivity contribution in [3.63, 3.8) is 0 Å². The van der Waals surface area contributed by atoms with Crippen molar-refractivity contribution >= 4 is 35.4 Å². The van der Waals surface area contributed by atoms with E-state index in [-0.39, 0.29) is 41.8 Å². The van der Waals surface area contributed by atoms with Crippen LogP contribution >= 0.6 is 0 Å². The number of fused-ring (bicyclic) bond motifs is 5. The Morgan fingerprint density at radius 1 is 1.07 bits per heavy atom. The maximum absolute atomic E-state index is 13.3. The fourth-order valence-electron chi connectivity index (χ4n) is 8.34. The van der Waals surface area contributed by atoms with Crippen LogP contribution in [0.15, 0.2) is 11.6 Å². The van der Waals surface area contributed by atoms with E-state index in [0.29, 0.717) is 19.3 Å². The Kier molecular flexibility index (Phi) is 8.48. The third-order valence-electron chi connectivity index (χ3n) is 10.4. The van der Waals surface area contributed by atoms with E-state index in [9.17, 15) is 39.0 Å². The molecule has 5 N–H and O–H groups in total. The van der Waals surface area contributed by atoms with Crippen LogP contribution < -0.4 is 5.32 Å². The van der Waals surface area contributed by atoms with Gasteiger partial charge in [-0.05, 0) is 67.8 Å². The lowest BCUT2D eigenvalue weighted by molar-refractivity contribution is -0.184. The summed E-state index contributed by atoms with van der Waals surface area (Å²) in [7, 11) is 0. The summed E-state index contributed by atoms with van der Waals surface area (Å²) in [6, 6.07) is -1.65. The number of esters is 1. The number of hydrogen-bond acceptors (Lipinski definition) is 9. The molecule has 3 saturated carbocycles. The van der Waals surface area contributed by atoms with Gasteiger partial charge in [-0.3, -0.25) is 24.0 Å². The van der Waals surface area contributed by atoms with Crippen LogP contribution in [0.4, 0.5) is 0 Å². The summed E-state index contributed by atoms with van der Waals surface area (Å²) < 4.78 is 5.06. The molecule has 0 aromatic heterocycles. The Morgan fingerprint density at radius 3 is 2.44 bits per heavy atom. The number of hydrogen-bond donors (Lipinski definition) is 5. The summed E-state index contributed by atoms with van der Waals surface area (Å²) in [6.45, 7) is 3.23. The Hall–Kier alpha value is -3.12. The summed E-state index contributed by atoms with van der Waals surface area (Å²) in [5, 5.41) is 43.0. The highest BCUT2D eigenvalue weighted by Crippen LogP contribution is 2.67. The number of amides is 1. The molecule has 12 heteroatoms. The lowest BCUT2D eigenvalue weighted by atomic mass is 9.45. The van der Waals surface area contributed by atoms with E-state index in [2.05, 4.69) is 6.92 Å². The number of rotatable bonds is 10. The van der Waals surface area contributed by atoms with Crippen molar-refractivity contribution in [3.05, 3.63) is 11.6 Å². The normalized spacial score (nSPS) is 36.6. The van der Waals surface area contributed by atoms with Crippen molar-refractivity contribution in [1.29, 1.82) is 0 Å². The predicted molar refractivity (Wildman–Crippen MR) is 140 cm³/mol. The van der Waals surface area contributed by atoms with Crippen LogP contribution in [-0.2, 0) is 33.5 Å². The highest BCUT2D eigenvalue weighted by molar-refractivity contribution is 5.92. The molecule has 12 nitrogen and oxygen atoms in total. The average Bonchev–Trinajstić information content (AvgIpc) is 3.16. The van der Waals surface area contributed by atoms with Crippen molar-refractivity contribution in [1.82, 2.24) is 5.32 Å². The van der Waals surface area contributed by atoms with Gasteiger partial charge in [0.05, 0.1) is 18.9 Å². The molecule has 4 rings (SSSR count). The summed E-state index contributed by atoms with van der Waals surface area (Å²) in [5.74, 6) is -5.32. The van der Waals surface area contributed by atoms with E-state index in [4.69, 9.17) is 14.9 Å². The molecule has 0 aromatic carbocycles. The molecule has 0 saturated heterocycles. The van der Waals surface area contributed by atoms with Crippen LogP contribution in [0.2, 0.25) is 0 Å². The SMILES string of the molecule is C[C@]12CCC(=O)C=C1CC[C@@H]1[C@@H]2[C@H](O)C[C@@]2(C)[C@H]1CC[C@]2(O)C(=O)COC(=O)CCC(=O)N[C@H](CC(=O)O)C(=O)O. The van der Waals surface area contributed by atoms with Gasteiger partial charge in [-0.25, -0.2) is 4.79 Å². The summed E-state index contributed by atoms with van der Waals surface area (Å²) >= 11 is 0. The van der Waals surface area contributed by atoms with Gasteiger partial charge in [0.25, 0.3) is 0 Å². The predicted octanol–water partition coefficient (Wildman–Crippen LogP) is 1.16. The fourth-order valence-corrected chi connectivity index (χ4v) is 8.34. The molecule has 0 radical (unpaired) electrons. The van der Waals surface area contributed by atoms with E-state index >= 15 is 0 Å². The number of nitrogens with one attached hydrogen (secondary N) is 1. The average molecular weight is 578 g/mol. The molecule has 0 aliphatic heterocycles. The number of carbonyl (C=O) groups is 6. The highest BCUT2D eigenvalue weighted by atomic mass is 16.5. The van der Waals surface area contributed by atoms with Gasteiger partial charge in [0.15, 0.2) is 12.4 Å². The third kappa shape index (κ3) is 5.55. The second-order valence-corrected chi connectivity index (χ2v) is 12.6. The lowest BCUT2D eigenvalue weighted by Crippen LogP contribution is -2.62. The summed E-state index contributed by atoms with van der Waals surface area (Å²) in [4.78, 5) is 71.5. The first-order valence-corrected chi connectivity index (χ1v) is 14.2. The molecule has 0 aromatic rings. The molecule has 0 unspecified atom stereocenters. The van der Waals surface area contributed by atoms with E-state index in [1.807, 2.05) is 12.2 Å². The Labute approximate surface area is 237 Å². The van der Waals surface area contributed by atoms with Crippen LogP contribution in [0, 0.1) is 28.6 Å². The Morgan fingerprint density at radius 2 is 1.78 bits per heavy atom.